The van der Waals surface area contributed by atoms with E-state index in [1.54, 1.807) is 4.40 Å². The number of carbonyl (C=O) groups is 1. The van der Waals surface area contributed by atoms with Crippen molar-refractivity contribution < 1.29 is 9.90 Å². The molecule has 1 aliphatic carbocycles. The molecule has 23 heavy (non-hydrogen) atoms. The first kappa shape index (κ1) is 15.6. The van der Waals surface area contributed by atoms with Gasteiger partial charge in [-0.15, -0.1) is 5.10 Å². The zero-order chi connectivity index (χ0) is 16.7. The van der Waals surface area contributed by atoms with Crippen molar-refractivity contribution in [2.24, 2.45) is 5.92 Å². The number of carboxylic acids is 1. The molecule has 1 saturated carbocycles. The van der Waals surface area contributed by atoms with Crippen LogP contribution in [0.3, 0.4) is 0 Å². The number of rotatable bonds is 6. The van der Waals surface area contributed by atoms with E-state index in [4.69, 9.17) is 5.11 Å². The predicted octanol–water partition coefficient (Wildman–Crippen LogP) is 1.55. The highest BCUT2D eigenvalue weighted by molar-refractivity contribution is 5.66. The number of fused-ring (bicyclic) bond motifs is 1. The average Bonchev–Trinajstić information content (AvgIpc) is 3.15. The number of hydrogen-bond donors (Lipinski definition) is 1. The second-order valence-corrected chi connectivity index (χ2v) is 6.66. The van der Waals surface area contributed by atoms with E-state index in [2.05, 4.69) is 18.9 Å². The Labute approximate surface area is 134 Å². The second kappa shape index (κ2) is 5.72. The summed E-state index contributed by atoms with van der Waals surface area (Å²) in [5, 5.41) is 13.3. The minimum atomic E-state index is -1.07. The van der Waals surface area contributed by atoms with Gasteiger partial charge in [0.05, 0.1) is 0 Å². The molecule has 0 bridgehead atoms. The second-order valence-electron chi connectivity index (χ2n) is 6.66. The largest absolute Gasteiger partial charge is 0.480 e. The first-order valence-corrected chi connectivity index (χ1v) is 7.93. The number of anilines is 1. The Balaban J connectivity index is 2.15. The normalized spacial score (nSPS) is 14.6. The molecule has 7 heteroatoms. The third-order valence-electron chi connectivity index (χ3n) is 4.24. The maximum absolute atomic E-state index is 12.5. The van der Waals surface area contributed by atoms with Crippen LogP contribution in [0.2, 0.25) is 0 Å². The van der Waals surface area contributed by atoms with Gasteiger partial charge in [-0.2, -0.15) is 0 Å². The lowest BCUT2D eigenvalue weighted by Crippen LogP contribution is -2.33. The van der Waals surface area contributed by atoms with Crippen molar-refractivity contribution in [1.82, 2.24) is 14.2 Å². The minimum absolute atomic E-state index is 0.281. The number of nitrogens with zero attached hydrogens (tertiary/aromatic N) is 4. The molecule has 1 N–H and O–H groups in total. The SMILES string of the molecule is CC(C)c1cc2c(=O)n(CC(=O)O)nc(N(C)CC3CC3)n2c1. The van der Waals surface area contributed by atoms with Gasteiger partial charge in [-0.1, -0.05) is 13.8 Å². The third-order valence-corrected chi connectivity index (χ3v) is 4.24. The van der Waals surface area contributed by atoms with Crippen molar-refractivity contribution in [3.05, 3.63) is 28.2 Å². The van der Waals surface area contributed by atoms with Gasteiger partial charge in [0.2, 0.25) is 5.95 Å². The van der Waals surface area contributed by atoms with Gasteiger partial charge in [-0.05, 0) is 36.3 Å². The minimum Gasteiger partial charge on any atom is -0.480 e. The molecular formula is C16H22N4O3. The first-order valence-electron chi connectivity index (χ1n) is 7.93. The van der Waals surface area contributed by atoms with E-state index in [0.717, 1.165) is 16.8 Å². The highest BCUT2D eigenvalue weighted by Gasteiger charge is 2.25. The van der Waals surface area contributed by atoms with Crippen LogP contribution in [0.25, 0.3) is 5.52 Å². The van der Waals surface area contributed by atoms with Crippen molar-refractivity contribution >= 4 is 17.4 Å². The number of aliphatic carboxylic acids is 1. The summed E-state index contributed by atoms with van der Waals surface area (Å²) in [7, 11) is 1.94. The van der Waals surface area contributed by atoms with Crippen LogP contribution in [0.4, 0.5) is 5.95 Å². The van der Waals surface area contributed by atoms with Crippen LogP contribution in [0.1, 0.15) is 38.2 Å². The molecule has 1 aliphatic rings. The highest BCUT2D eigenvalue weighted by atomic mass is 16.4. The maximum Gasteiger partial charge on any atom is 0.325 e. The molecule has 1 fully saturated rings. The summed E-state index contributed by atoms with van der Waals surface area (Å²) >= 11 is 0. The van der Waals surface area contributed by atoms with Crippen LogP contribution in [0.5, 0.6) is 0 Å². The van der Waals surface area contributed by atoms with Crippen LogP contribution >= 0.6 is 0 Å². The Hall–Kier alpha value is -2.31. The van der Waals surface area contributed by atoms with Crippen LogP contribution in [0.15, 0.2) is 17.1 Å². The van der Waals surface area contributed by atoms with Crippen LogP contribution in [-0.4, -0.2) is 38.8 Å². The third kappa shape index (κ3) is 3.09. The summed E-state index contributed by atoms with van der Waals surface area (Å²) in [6.07, 6.45) is 4.36. The molecule has 0 saturated heterocycles. The van der Waals surface area contributed by atoms with Crippen LogP contribution in [0, 0.1) is 5.92 Å². The van der Waals surface area contributed by atoms with Crippen molar-refractivity contribution in [1.29, 1.82) is 0 Å². The molecule has 0 aliphatic heterocycles. The van der Waals surface area contributed by atoms with E-state index in [1.807, 2.05) is 24.2 Å². The van der Waals surface area contributed by atoms with Crippen LogP contribution < -0.4 is 10.5 Å². The lowest BCUT2D eigenvalue weighted by Gasteiger charge is -2.20. The fourth-order valence-corrected chi connectivity index (χ4v) is 2.73. The smallest absolute Gasteiger partial charge is 0.325 e. The van der Waals surface area contributed by atoms with Gasteiger partial charge in [0, 0.05) is 19.8 Å². The van der Waals surface area contributed by atoms with E-state index in [1.165, 1.54) is 12.8 Å². The van der Waals surface area contributed by atoms with Crippen molar-refractivity contribution in [2.75, 3.05) is 18.5 Å². The van der Waals surface area contributed by atoms with E-state index in [-0.39, 0.29) is 11.5 Å². The average molecular weight is 318 g/mol. The fraction of sp³-hybridized carbons (Fsp3) is 0.562. The van der Waals surface area contributed by atoms with E-state index in [9.17, 15) is 9.59 Å². The molecule has 0 atom stereocenters. The highest BCUT2D eigenvalue weighted by Crippen LogP contribution is 2.30. The molecule has 0 spiro atoms. The van der Waals surface area contributed by atoms with Crippen molar-refractivity contribution in [3.8, 4) is 0 Å². The van der Waals surface area contributed by atoms with Gasteiger partial charge in [-0.25, -0.2) is 4.68 Å². The number of aromatic nitrogens is 3. The Morgan fingerprint density at radius 2 is 2.17 bits per heavy atom. The lowest BCUT2D eigenvalue weighted by atomic mass is 10.1. The standard InChI is InChI=1S/C16H22N4O3/c1-10(2)12-6-13-15(23)20(9-14(21)22)17-16(19(13)8-12)18(3)7-11-4-5-11/h6,8,10-11H,4-5,7,9H2,1-3H3,(H,21,22). The van der Waals surface area contributed by atoms with Gasteiger partial charge < -0.3 is 10.0 Å². The predicted molar refractivity (Wildman–Crippen MR) is 87.2 cm³/mol. The molecule has 2 heterocycles. The van der Waals surface area contributed by atoms with Crippen LogP contribution in [-0.2, 0) is 11.3 Å². The monoisotopic (exact) mass is 318 g/mol. The quantitative estimate of drug-likeness (QED) is 0.874. The zero-order valence-electron chi connectivity index (χ0n) is 13.7. The Morgan fingerprint density at radius 3 is 2.74 bits per heavy atom. The van der Waals surface area contributed by atoms with Gasteiger partial charge in [0.15, 0.2) is 0 Å². The molecule has 0 unspecified atom stereocenters. The maximum atomic E-state index is 12.5. The molecule has 0 aromatic carbocycles. The number of carboxylic acid groups (broad SMARTS) is 1. The van der Waals surface area contributed by atoms with Gasteiger partial charge in [-0.3, -0.25) is 14.0 Å². The molecular weight excluding hydrogens is 296 g/mol. The summed E-state index contributed by atoms with van der Waals surface area (Å²) in [5.41, 5.74) is 1.14. The number of hydrogen-bond acceptors (Lipinski definition) is 4. The van der Waals surface area contributed by atoms with E-state index >= 15 is 0 Å². The molecule has 7 nitrogen and oxygen atoms in total. The Kier molecular flexibility index (Phi) is 3.87. The summed E-state index contributed by atoms with van der Waals surface area (Å²) in [6.45, 7) is 4.56. The van der Waals surface area contributed by atoms with Crippen molar-refractivity contribution in [3.63, 3.8) is 0 Å². The summed E-state index contributed by atoms with van der Waals surface area (Å²) in [5.74, 6) is 0.482. The molecule has 2 aromatic heterocycles. The molecule has 2 aromatic rings. The lowest BCUT2D eigenvalue weighted by molar-refractivity contribution is -0.137. The molecule has 124 valence electrons. The van der Waals surface area contributed by atoms with E-state index < -0.39 is 12.5 Å². The summed E-state index contributed by atoms with van der Waals surface area (Å²) in [6, 6.07) is 1.83. The summed E-state index contributed by atoms with van der Waals surface area (Å²) < 4.78 is 2.83. The van der Waals surface area contributed by atoms with Gasteiger partial charge >= 0.3 is 5.97 Å². The fourth-order valence-electron chi connectivity index (χ4n) is 2.73. The topological polar surface area (TPSA) is 79.8 Å². The summed E-state index contributed by atoms with van der Waals surface area (Å²) in [4.78, 5) is 25.5. The van der Waals surface area contributed by atoms with Crippen molar-refractivity contribution in [2.45, 2.75) is 39.2 Å². The molecule has 0 amide bonds. The Morgan fingerprint density at radius 1 is 1.48 bits per heavy atom. The van der Waals surface area contributed by atoms with Gasteiger partial charge in [0.25, 0.3) is 5.56 Å². The molecule has 0 radical (unpaired) electrons. The molecule has 3 rings (SSSR count). The zero-order valence-corrected chi connectivity index (χ0v) is 13.7. The van der Waals surface area contributed by atoms with E-state index in [0.29, 0.717) is 17.4 Å². The Bertz CT molecular complexity index is 801. The first-order chi connectivity index (χ1) is 10.9. The van der Waals surface area contributed by atoms with Gasteiger partial charge in [0.1, 0.15) is 12.1 Å².